The lowest BCUT2D eigenvalue weighted by atomic mass is 10.1. The van der Waals surface area contributed by atoms with Gasteiger partial charge in [-0.1, -0.05) is 30.3 Å². The number of ketones is 1. The molecule has 0 bridgehead atoms. The van der Waals surface area contributed by atoms with Crippen molar-refractivity contribution in [2.24, 2.45) is 0 Å². The van der Waals surface area contributed by atoms with Crippen LogP contribution in [0.25, 0.3) is 0 Å². The summed E-state index contributed by atoms with van der Waals surface area (Å²) in [7, 11) is 0. The second kappa shape index (κ2) is 7.89. The van der Waals surface area contributed by atoms with E-state index in [-0.39, 0.29) is 5.78 Å². The van der Waals surface area contributed by atoms with Crippen molar-refractivity contribution in [3.63, 3.8) is 0 Å². The number of rotatable bonds is 7. The Morgan fingerprint density at radius 1 is 1.09 bits per heavy atom. The maximum atomic E-state index is 12.8. The van der Waals surface area contributed by atoms with Crippen LogP contribution in [0.2, 0.25) is 0 Å². The number of carboxylic acid groups (broad SMARTS) is 1. The molecule has 2 aromatic rings. The number of halogens is 1. The first-order chi connectivity index (χ1) is 11.1. The zero-order valence-corrected chi connectivity index (χ0v) is 12.3. The number of carbonyl (C=O) groups excluding carboxylic acids is 1. The molecule has 0 saturated carbocycles. The molecule has 1 atom stereocenters. The highest BCUT2D eigenvalue weighted by atomic mass is 19.1. The number of nitrogens with one attached hydrogen (secondary N) is 1. The molecule has 2 aromatic carbocycles. The fraction of sp³-hybridized carbons (Fsp3) is 0.111. The van der Waals surface area contributed by atoms with Crippen LogP contribution in [0.4, 0.5) is 4.39 Å². The summed E-state index contributed by atoms with van der Waals surface area (Å²) in [4.78, 5) is 23.1. The van der Waals surface area contributed by atoms with E-state index in [4.69, 9.17) is 0 Å². The van der Waals surface area contributed by atoms with Gasteiger partial charge >= 0.3 is 5.97 Å². The van der Waals surface area contributed by atoms with Crippen molar-refractivity contribution in [1.29, 1.82) is 0 Å². The van der Waals surface area contributed by atoms with Crippen LogP contribution in [0, 0.1) is 5.82 Å². The van der Waals surface area contributed by atoms with E-state index in [2.05, 4.69) is 5.32 Å². The molecule has 4 nitrogen and oxygen atoms in total. The highest BCUT2D eigenvalue weighted by Crippen LogP contribution is 2.05. The molecule has 0 fully saturated rings. The smallest absolute Gasteiger partial charge is 0.326 e. The lowest BCUT2D eigenvalue weighted by molar-refractivity contribution is -0.139. The minimum absolute atomic E-state index is 0.297. The number of hydrogen-bond acceptors (Lipinski definition) is 3. The van der Waals surface area contributed by atoms with Gasteiger partial charge in [0.1, 0.15) is 11.9 Å². The second-order valence-electron chi connectivity index (χ2n) is 4.95. The van der Waals surface area contributed by atoms with Crippen LogP contribution < -0.4 is 5.32 Å². The Kier molecular flexibility index (Phi) is 5.63. The number of benzene rings is 2. The number of aliphatic carboxylic acids is 1. The van der Waals surface area contributed by atoms with Crippen LogP contribution in [-0.2, 0) is 11.2 Å². The molecule has 0 aliphatic heterocycles. The van der Waals surface area contributed by atoms with Gasteiger partial charge in [0.25, 0.3) is 0 Å². The Morgan fingerprint density at radius 3 is 2.35 bits per heavy atom. The van der Waals surface area contributed by atoms with Crippen LogP contribution in [0.1, 0.15) is 15.9 Å². The first-order valence-electron chi connectivity index (χ1n) is 7.05. The Labute approximate surface area is 133 Å². The van der Waals surface area contributed by atoms with E-state index in [1.165, 1.54) is 36.5 Å². The zero-order chi connectivity index (χ0) is 16.7. The van der Waals surface area contributed by atoms with E-state index < -0.39 is 17.8 Å². The molecular weight excluding hydrogens is 297 g/mol. The van der Waals surface area contributed by atoms with Gasteiger partial charge in [-0.3, -0.25) is 4.79 Å². The standard InChI is InChI=1S/C18H16FNO3/c19-15-8-6-14(7-9-15)17(21)10-11-20-16(18(22)23)12-13-4-2-1-3-5-13/h1-11,16,20H,12H2,(H,22,23). The normalized spacial score (nSPS) is 12.0. The monoisotopic (exact) mass is 313 g/mol. The number of carbonyl (C=O) groups is 2. The van der Waals surface area contributed by atoms with Crippen LogP contribution in [0.15, 0.2) is 66.9 Å². The van der Waals surface area contributed by atoms with E-state index in [9.17, 15) is 19.1 Å². The maximum Gasteiger partial charge on any atom is 0.326 e. The van der Waals surface area contributed by atoms with Crippen LogP contribution in [-0.4, -0.2) is 22.9 Å². The van der Waals surface area contributed by atoms with Crippen molar-refractivity contribution in [2.75, 3.05) is 0 Å². The van der Waals surface area contributed by atoms with Gasteiger partial charge in [-0.15, -0.1) is 0 Å². The molecular formula is C18H16FNO3. The van der Waals surface area contributed by atoms with Crippen LogP contribution in [0.5, 0.6) is 0 Å². The molecule has 0 radical (unpaired) electrons. The van der Waals surface area contributed by atoms with Gasteiger partial charge in [-0.05, 0) is 29.8 Å². The predicted molar refractivity (Wildman–Crippen MR) is 84.6 cm³/mol. The van der Waals surface area contributed by atoms with Crippen LogP contribution in [0.3, 0.4) is 0 Å². The van der Waals surface area contributed by atoms with Crippen molar-refractivity contribution < 1.29 is 19.1 Å². The molecule has 2 N–H and O–H groups in total. The van der Waals surface area contributed by atoms with Gasteiger partial charge in [0.2, 0.25) is 0 Å². The molecule has 0 aliphatic carbocycles. The second-order valence-corrected chi connectivity index (χ2v) is 4.95. The molecule has 118 valence electrons. The minimum atomic E-state index is -1.01. The molecule has 0 saturated heterocycles. The Balaban J connectivity index is 1.96. The van der Waals surface area contributed by atoms with E-state index in [1.807, 2.05) is 30.3 Å². The Hall–Kier alpha value is -2.95. The summed E-state index contributed by atoms with van der Waals surface area (Å²) in [5.74, 6) is -1.76. The van der Waals surface area contributed by atoms with Gasteiger partial charge in [0.05, 0.1) is 0 Å². The minimum Gasteiger partial charge on any atom is -0.480 e. The van der Waals surface area contributed by atoms with Gasteiger partial charge in [0, 0.05) is 24.3 Å². The lowest BCUT2D eigenvalue weighted by Crippen LogP contribution is -2.35. The molecule has 0 aromatic heterocycles. The van der Waals surface area contributed by atoms with Crippen molar-refractivity contribution >= 4 is 11.8 Å². The third-order valence-corrected chi connectivity index (χ3v) is 3.24. The van der Waals surface area contributed by atoms with Crippen molar-refractivity contribution in [2.45, 2.75) is 12.5 Å². The fourth-order valence-corrected chi connectivity index (χ4v) is 2.02. The molecule has 23 heavy (non-hydrogen) atoms. The maximum absolute atomic E-state index is 12.8. The Bertz CT molecular complexity index is 696. The summed E-state index contributed by atoms with van der Waals surface area (Å²) in [5, 5.41) is 11.9. The quantitative estimate of drug-likeness (QED) is 0.609. The van der Waals surface area contributed by atoms with E-state index in [0.29, 0.717) is 12.0 Å². The van der Waals surface area contributed by atoms with Gasteiger partial charge in [-0.2, -0.15) is 0 Å². The molecule has 0 spiro atoms. The first-order valence-corrected chi connectivity index (χ1v) is 7.05. The highest BCUT2D eigenvalue weighted by Gasteiger charge is 2.15. The Morgan fingerprint density at radius 2 is 1.74 bits per heavy atom. The van der Waals surface area contributed by atoms with Gasteiger partial charge in [0.15, 0.2) is 5.78 Å². The lowest BCUT2D eigenvalue weighted by Gasteiger charge is -2.12. The van der Waals surface area contributed by atoms with Gasteiger partial charge < -0.3 is 10.4 Å². The predicted octanol–water partition coefficient (Wildman–Crippen LogP) is 2.81. The third-order valence-electron chi connectivity index (χ3n) is 3.24. The van der Waals surface area contributed by atoms with Crippen molar-refractivity contribution in [1.82, 2.24) is 5.32 Å². The summed E-state index contributed by atoms with van der Waals surface area (Å²) in [6.07, 6.45) is 2.84. The third kappa shape index (κ3) is 5.07. The summed E-state index contributed by atoms with van der Waals surface area (Å²) < 4.78 is 12.8. The topological polar surface area (TPSA) is 66.4 Å². The van der Waals surface area contributed by atoms with Crippen LogP contribution >= 0.6 is 0 Å². The zero-order valence-electron chi connectivity index (χ0n) is 12.3. The first kappa shape index (κ1) is 16.4. The molecule has 1 unspecified atom stereocenters. The number of carboxylic acids is 1. The molecule has 2 rings (SSSR count). The molecule has 0 aliphatic rings. The summed E-state index contributed by atoms with van der Waals surface area (Å²) in [6.45, 7) is 0. The summed E-state index contributed by atoms with van der Waals surface area (Å²) >= 11 is 0. The average molecular weight is 313 g/mol. The average Bonchev–Trinajstić information content (AvgIpc) is 2.55. The highest BCUT2D eigenvalue weighted by molar-refractivity contribution is 6.04. The van der Waals surface area contributed by atoms with E-state index in [1.54, 1.807) is 0 Å². The molecule has 0 amide bonds. The summed E-state index contributed by atoms with van der Waals surface area (Å²) in [5.41, 5.74) is 1.21. The van der Waals surface area contributed by atoms with E-state index in [0.717, 1.165) is 5.56 Å². The molecule has 0 heterocycles. The SMILES string of the molecule is O=C(C=CNC(Cc1ccccc1)C(=O)O)c1ccc(F)cc1. The number of allylic oxidation sites excluding steroid dienone is 1. The van der Waals surface area contributed by atoms with Crippen molar-refractivity contribution in [3.05, 3.63) is 83.8 Å². The molecule has 5 heteroatoms. The van der Waals surface area contributed by atoms with Crippen molar-refractivity contribution in [3.8, 4) is 0 Å². The van der Waals surface area contributed by atoms with E-state index >= 15 is 0 Å². The fourth-order valence-electron chi connectivity index (χ4n) is 2.02. The van der Waals surface area contributed by atoms with Gasteiger partial charge in [-0.25, -0.2) is 9.18 Å². The number of hydrogen-bond donors (Lipinski definition) is 2. The summed E-state index contributed by atoms with van der Waals surface area (Å²) in [6, 6.07) is 13.5. The largest absolute Gasteiger partial charge is 0.480 e.